The van der Waals surface area contributed by atoms with Crippen LogP contribution in [0.5, 0.6) is 0 Å². The average molecular weight is 265 g/mol. The van der Waals surface area contributed by atoms with Crippen LogP contribution in [0.4, 0.5) is 4.39 Å². The molecule has 2 nitrogen and oxygen atoms in total. The predicted molar refractivity (Wildman–Crippen MR) is 75.4 cm³/mol. The lowest BCUT2D eigenvalue weighted by molar-refractivity contribution is 0.165. The van der Waals surface area contributed by atoms with Crippen molar-refractivity contribution in [2.45, 2.75) is 38.7 Å². The summed E-state index contributed by atoms with van der Waals surface area (Å²) >= 11 is 0. The molecule has 0 heterocycles. The van der Waals surface area contributed by atoms with Gasteiger partial charge in [0.05, 0.1) is 6.10 Å². The summed E-state index contributed by atoms with van der Waals surface area (Å²) in [5.41, 5.74) is 0.769. The summed E-state index contributed by atoms with van der Waals surface area (Å²) in [6.07, 6.45) is 4.75. The monoisotopic (exact) mass is 265 g/mol. The molecule has 1 aliphatic rings. The summed E-state index contributed by atoms with van der Waals surface area (Å²) < 4.78 is 12.8. The van der Waals surface area contributed by atoms with Crippen LogP contribution in [0.3, 0.4) is 0 Å². The highest BCUT2D eigenvalue weighted by Gasteiger charge is 2.20. The first-order chi connectivity index (χ1) is 9.16. The Hall–Kier alpha value is -0.930. The first-order valence-electron chi connectivity index (χ1n) is 7.31. The fourth-order valence-corrected chi connectivity index (χ4v) is 2.90. The van der Waals surface area contributed by atoms with E-state index in [9.17, 15) is 9.50 Å². The fourth-order valence-electron chi connectivity index (χ4n) is 2.90. The molecule has 1 aromatic rings. The minimum absolute atomic E-state index is 0.264. The van der Waals surface area contributed by atoms with Crippen molar-refractivity contribution >= 4 is 0 Å². The van der Waals surface area contributed by atoms with Crippen LogP contribution in [-0.4, -0.2) is 18.2 Å². The standard InChI is InChI=1S/C16H24FNO/c1-12-4-2-3-5-14(12)10-18-11-16(19)13-6-8-15(17)9-7-13/h6-9,12,14,16,18-19H,2-5,10-11H2,1H3. The van der Waals surface area contributed by atoms with E-state index in [1.54, 1.807) is 12.1 Å². The molecule has 0 bridgehead atoms. The van der Waals surface area contributed by atoms with Crippen molar-refractivity contribution < 1.29 is 9.50 Å². The van der Waals surface area contributed by atoms with Crippen molar-refractivity contribution in [3.8, 4) is 0 Å². The first-order valence-corrected chi connectivity index (χ1v) is 7.31. The van der Waals surface area contributed by atoms with Gasteiger partial charge in [0.1, 0.15) is 5.82 Å². The Morgan fingerprint density at radius 3 is 2.63 bits per heavy atom. The Labute approximate surface area is 115 Å². The van der Waals surface area contributed by atoms with Gasteiger partial charge in [-0.05, 0) is 42.5 Å². The SMILES string of the molecule is CC1CCCCC1CNCC(O)c1ccc(F)cc1. The molecular weight excluding hydrogens is 241 g/mol. The summed E-state index contributed by atoms with van der Waals surface area (Å²) in [6, 6.07) is 6.07. The van der Waals surface area contributed by atoms with Crippen LogP contribution < -0.4 is 5.32 Å². The molecule has 3 heteroatoms. The van der Waals surface area contributed by atoms with E-state index in [0.29, 0.717) is 6.54 Å². The van der Waals surface area contributed by atoms with Crippen molar-refractivity contribution in [2.24, 2.45) is 11.8 Å². The van der Waals surface area contributed by atoms with Gasteiger partial charge in [-0.15, -0.1) is 0 Å². The number of aliphatic hydroxyl groups is 1. The van der Waals surface area contributed by atoms with E-state index >= 15 is 0 Å². The predicted octanol–water partition coefficient (Wildman–Crippen LogP) is 3.28. The maximum Gasteiger partial charge on any atom is 0.123 e. The third kappa shape index (κ3) is 4.29. The van der Waals surface area contributed by atoms with Crippen molar-refractivity contribution in [3.63, 3.8) is 0 Å². The quantitative estimate of drug-likeness (QED) is 0.856. The maximum absolute atomic E-state index is 12.8. The lowest BCUT2D eigenvalue weighted by Crippen LogP contribution is -2.31. The largest absolute Gasteiger partial charge is 0.387 e. The second kappa shape index (κ2) is 7.01. The van der Waals surface area contributed by atoms with E-state index in [0.717, 1.165) is 23.9 Å². The van der Waals surface area contributed by atoms with Gasteiger partial charge < -0.3 is 10.4 Å². The molecule has 2 N–H and O–H groups in total. The highest BCUT2D eigenvalue weighted by molar-refractivity contribution is 5.18. The Balaban J connectivity index is 1.74. The minimum atomic E-state index is -0.556. The molecule has 2 rings (SSSR count). The molecule has 0 radical (unpaired) electrons. The van der Waals surface area contributed by atoms with Crippen molar-refractivity contribution in [3.05, 3.63) is 35.6 Å². The van der Waals surface area contributed by atoms with Gasteiger partial charge >= 0.3 is 0 Å². The highest BCUT2D eigenvalue weighted by Crippen LogP contribution is 2.28. The molecule has 0 aliphatic heterocycles. The van der Waals surface area contributed by atoms with Crippen LogP contribution in [-0.2, 0) is 0 Å². The van der Waals surface area contributed by atoms with Gasteiger partial charge in [0, 0.05) is 6.54 Å². The van der Waals surface area contributed by atoms with Crippen LogP contribution in [0.2, 0.25) is 0 Å². The number of hydrogen-bond donors (Lipinski definition) is 2. The molecule has 1 saturated carbocycles. The van der Waals surface area contributed by atoms with E-state index in [-0.39, 0.29) is 5.82 Å². The Morgan fingerprint density at radius 2 is 1.95 bits per heavy atom. The molecule has 19 heavy (non-hydrogen) atoms. The van der Waals surface area contributed by atoms with Gasteiger partial charge in [-0.3, -0.25) is 0 Å². The zero-order valence-corrected chi connectivity index (χ0v) is 11.6. The molecule has 0 saturated heterocycles. The number of rotatable bonds is 5. The molecule has 0 spiro atoms. The zero-order chi connectivity index (χ0) is 13.7. The third-order valence-corrected chi connectivity index (χ3v) is 4.29. The van der Waals surface area contributed by atoms with Gasteiger partial charge in [-0.25, -0.2) is 4.39 Å². The Bertz CT molecular complexity index is 379. The smallest absolute Gasteiger partial charge is 0.123 e. The van der Waals surface area contributed by atoms with Crippen LogP contribution in [0.15, 0.2) is 24.3 Å². The lowest BCUT2D eigenvalue weighted by Gasteiger charge is -2.29. The van der Waals surface area contributed by atoms with Crippen molar-refractivity contribution in [2.75, 3.05) is 13.1 Å². The fraction of sp³-hybridized carbons (Fsp3) is 0.625. The molecule has 1 fully saturated rings. The summed E-state index contributed by atoms with van der Waals surface area (Å²) in [5.74, 6) is 1.25. The maximum atomic E-state index is 12.8. The van der Waals surface area contributed by atoms with Crippen LogP contribution >= 0.6 is 0 Å². The molecule has 3 atom stereocenters. The van der Waals surface area contributed by atoms with Crippen LogP contribution in [0, 0.1) is 17.7 Å². The molecule has 1 aliphatic carbocycles. The van der Waals surface area contributed by atoms with E-state index in [1.807, 2.05) is 0 Å². The van der Waals surface area contributed by atoms with Crippen LogP contribution in [0.1, 0.15) is 44.3 Å². The summed E-state index contributed by atoms with van der Waals surface area (Å²) in [6.45, 7) is 3.83. The normalized spacial score (nSPS) is 25.2. The number of halogens is 1. The topological polar surface area (TPSA) is 32.3 Å². The third-order valence-electron chi connectivity index (χ3n) is 4.29. The first kappa shape index (κ1) is 14.5. The second-order valence-electron chi connectivity index (χ2n) is 5.75. The van der Waals surface area contributed by atoms with Gasteiger partial charge in [0.25, 0.3) is 0 Å². The highest BCUT2D eigenvalue weighted by atomic mass is 19.1. The van der Waals surface area contributed by atoms with Crippen molar-refractivity contribution in [1.82, 2.24) is 5.32 Å². The van der Waals surface area contributed by atoms with Gasteiger partial charge in [-0.2, -0.15) is 0 Å². The van der Waals surface area contributed by atoms with Gasteiger partial charge in [-0.1, -0.05) is 38.3 Å². The number of aliphatic hydroxyl groups excluding tert-OH is 1. The van der Waals surface area contributed by atoms with Crippen LogP contribution in [0.25, 0.3) is 0 Å². The molecule has 0 amide bonds. The van der Waals surface area contributed by atoms with E-state index in [2.05, 4.69) is 12.2 Å². The molecule has 0 aromatic heterocycles. The number of benzene rings is 1. The van der Waals surface area contributed by atoms with Crippen molar-refractivity contribution in [1.29, 1.82) is 0 Å². The minimum Gasteiger partial charge on any atom is -0.387 e. The zero-order valence-electron chi connectivity index (χ0n) is 11.6. The summed E-state index contributed by atoms with van der Waals surface area (Å²) in [4.78, 5) is 0. The summed E-state index contributed by atoms with van der Waals surface area (Å²) in [7, 11) is 0. The van der Waals surface area contributed by atoms with Gasteiger partial charge in [0.15, 0.2) is 0 Å². The Morgan fingerprint density at radius 1 is 1.26 bits per heavy atom. The number of nitrogens with one attached hydrogen (secondary N) is 1. The molecule has 1 aromatic carbocycles. The van der Waals surface area contributed by atoms with E-state index < -0.39 is 6.10 Å². The number of hydrogen-bond acceptors (Lipinski definition) is 2. The second-order valence-corrected chi connectivity index (χ2v) is 5.75. The van der Waals surface area contributed by atoms with Gasteiger partial charge in [0.2, 0.25) is 0 Å². The molecule has 3 unspecified atom stereocenters. The van der Waals surface area contributed by atoms with E-state index in [1.165, 1.54) is 37.8 Å². The summed E-state index contributed by atoms with van der Waals surface area (Å²) in [5, 5.41) is 13.4. The molecular formula is C16H24FNO. The van der Waals surface area contributed by atoms with E-state index in [4.69, 9.17) is 0 Å². The Kier molecular flexibility index (Phi) is 5.34. The average Bonchev–Trinajstić information content (AvgIpc) is 2.41. The molecule has 106 valence electrons. The lowest BCUT2D eigenvalue weighted by atomic mass is 9.80.